The van der Waals surface area contributed by atoms with Crippen LogP contribution in [-0.4, -0.2) is 34.1 Å². The lowest BCUT2D eigenvalue weighted by Gasteiger charge is -2.16. The third kappa shape index (κ3) is 2.13. The fourth-order valence-corrected chi connectivity index (χ4v) is 1.99. The van der Waals surface area contributed by atoms with Crippen LogP contribution >= 0.6 is 0 Å². The van der Waals surface area contributed by atoms with Crippen molar-refractivity contribution in [3.05, 3.63) is 18.1 Å². The van der Waals surface area contributed by atoms with E-state index in [-0.39, 0.29) is 5.69 Å². The third-order valence-corrected chi connectivity index (χ3v) is 3.03. The normalized spacial score (nSPS) is 20.1. The highest BCUT2D eigenvalue weighted by Gasteiger charge is 2.22. The summed E-state index contributed by atoms with van der Waals surface area (Å²) in [5.41, 5.74) is 0.0115. The van der Waals surface area contributed by atoms with E-state index < -0.39 is 5.97 Å². The minimum atomic E-state index is -1.03. The van der Waals surface area contributed by atoms with E-state index >= 15 is 0 Å². The molecule has 1 fully saturated rings. The molecule has 2 heterocycles. The monoisotopic (exact) mass is 221 g/mol. The molecule has 1 aromatic rings. The molecular weight excluding hydrogens is 206 g/mol. The molecule has 1 aliphatic rings. The second-order valence-corrected chi connectivity index (χ2v) is 4.08. The molecule has 5 nitrogen and oxygen atoms in total. The van der Waals surface area contributed by atoms with Gasteiger partial charge < -0.3 is 10.0 Å². The summed E-state index contributed by atoms with van der Waals surface area (Å²) >= 11 is 0. The van der Waals surface area contributed by atoms with Gasteiger partial charge in [0.25, 0.3) is 0 Å². The van der Waals surface area contributed by atoms with E-state index in [9.17, 15) is 4.79 Å². The molecule has 0 bridgehead atoms. The molecule has 1 N–H and O–H groups in total. The number of carboxylic acids is 1. The lowest BCUT2D eigenvalue weighted by molar-refractivity contribution is 0.0690. The smallest absolute Gasteiger partial charge is 0.356 e. The highest BCUT2D eigenvalue weighted by molar-refractivity contribution is 5.85. The first-order valence-electron chi connectivity index (χ1n) is 5.51. The predicted octanol–water partition coefficient (Wildman–Crippen LogP) is 1.41. The van der Waals surface area contributed by atoms with Gasteiger partial charge in [-0.25, -0.2) is 9.78 Å². The minimum absolute atomic E-state index is 0.0115. The van der Waals surface area contributed by atoms with Gasteiger partial charge >= 0.3 is 5.97 Å². The molecule has 0 aliphatic carbocycles. The van der Waals surface area contributed by atoms with E-state index in [1.165, 1.54) is 6.20 Å². The zero-order valence-corrected chi connectivity index (χ0v) is 9.26. The van der Waals surface area contributed by atoms with Gasteiger partial charge in [0, 0.05) is 13.1 Å². The van der Waals surface area contributed by atoms with Gasteiger partial charge in [-0.3, -0.25) is 4.98 Å². The summed E-state index contributed by atoms with van der Waals surface area (Å²) in [5, 5.41) is 8.83. The zero-order chi connectivity index (χ0) is 11.5. The van der Waals surface area contributed by atoms with Crippen molar-refractivity contribution in [2.24, 2.45) is 5.92 Å². The summed E-state index contributed by atoms with van der Waals surface area (Å²) in [6, 6.07) is 0. The van der Waals surface area contributed by atoms with Gasteiger partial charge in [-0.2, -0.15) is 0 Å². The van der Waals surface area contributed by atoms with E-state index in [0.29, 0.717) is 11.7 Å². The van der Waals surface area contributed by atoms with E-state index in [4.69, 9.17) is 5.11 Å². The summed E-state index contributed by atoms with van der Waals surface area (Å²) in [6.45, 7) is 4.07. The highest BCUT2D eigenvalue weighted by atomic mass is 16.4. The number of nitrogens with zero attached hydrogens (tertiary/aromatic N) is 3. The number of aromatic carboxylic acids is 1. The first kappa shape index (κ1) is 10.9. The Bertz CT molecular complexity index is 395. The molecule has 0 radical (unpaired) electrons. The van der Waals surface area contributed by atoms with Crippen LogP contribution in [-0.2, 0) is 0 Å². The quantitative estimate of drug-likeness (QED) is 0.836. The molecule has 0 saturated carbocycles. The van der Waals surface area contributed by atoms with Crippen molar-refractivity contribution in [2.75, 3.05) is 18.0 Å². The van der Waals surface area contributed by atoms with Crippen LogP contribution in [0.1, 0.15) is 30.3 Å². The SMILES string of the molecule is CCC1CCN(c2cncc(C(=O)O)n2)C1. The molecule has 0 spiro atoms. The molecule has 1 aliphatic heterocycles. The molecule has 1 aromatic heterocycles. The van der Waals surface area contributed by atoms with Crippen LogP contribution in [0.4, 0.5) is 5.82 Å². The lowest BCUT2D eigenvalue weighted by Crippen LogP contribution is -2.21. The molecular formula is C11H15N3O2. The van der Waals surface area contributed by atoms with E-state index in [1.54, 1.807) is 6.20 Å². The largest absolute Gasteiger partial charge is 0.476 e. The van der Waals surface area contributed by atoms with Crippen molar-refractivity contribution in [1.29, 1.82) is 0 Å². The standard InChI is InChI=1S/C11H15N3O2/c1-2-8-3-4-14(7-8)10-6-12-5-9(13-10)11(15)16/h5-6,8H,2-4,7H2,1H3,(H,15,16). The average molecular weight is 221 g/mol. The Morgan fingerprint density at radius 1 is 1.62 bits per heavy atom. The van der Waals surface area contributed by atoms with Crippen LogP contribution in [0.25, 0.3) is 0 Å². The first-order chi connectivity index (χ1) is 7.70. The Labute approximate surface area is 94.1 Å². The number of aromatic nitrogens is 2. The zero-order valence-electron chi connectivity index (χ0n) is 9.26. The third-order valence-electron chi connectivity index (χ3n) is 3.03. The Balaban J connectivity index is 2.15. The topological polar surface area (TPSA) is 66.3 Å². The summed E-state index contributed by atoms with van der Waals surface area (Å²) in [5.74, 6) is 0.340. The van der Waals surface area contributed by atoms with Crippen LogP contribution in [0.3, 0.4) is 0 Å². The molecule has 2 rings (SSSR count). The fourth-order valence-electron chi connectivity index (χ4n) is 1.99. The fraction of sp³-hybridized carbons (Fsp3) is 0.545. The maximum absolute atomic E-state index is 10.8. The van der Waals surface area contributed by atoms with E-state index in [0.717, 1.165) is 25.9 Å². The van der Waals surface area contributed by atoms with Crippen molar-refractivity contribution in [2.45, 2.75) is 19.8 Å². The molecule has 0 amide bonds. The Kier molecular flexibility index (Phi) is 3.03. The summed E-state index contributed by atoms with van der Waals surface area (Å²) in [4.78, 5) is 20.9. The maximum Gasteiger partial charge on any atom is 0.356 e. The molecule has 16 heavy (non-hydrogen) atoms. The van der Waals surface area contributed by atoms with Crippen molar-refractivity contribution < 1.29 is 9.90 Å². The summed E-state index contributed by atoms with van der Waals surface area (Å²) in [7, 11) is 0. The van der Waals surface area contributed by atoms with Crippen molar-refractivity contribution in [1.82, 2.24) is 9.97 Å². The highest BCUT2D eigenvalue weighted by Crippen LogP contribution is 2.23. The van der Waals surface area contributed by atoms with Gasteiger partial charge in [0.05, 0.1) is 12.4 Å². The number of rotatable bonds is 3. The average Bonchev–Trinajstić information content (AvgIpc) is 2.77. The van der Waals surface area contributed by atoms with Gasteiger partial charge in [-0.15, -0.1) is 0 Å². The van der Waals surface area contributed by atoms with Crippen LogP contribution in [0.5, 0.6) is 0 Å². The Morgan fingerprint density at radius 2 is 2.44 bits per heavy atom. The molecule has 86 valence electrons. The second kappa shape index (κ2) is 4.47. The van der Waals surface area contributed by atoms with Crippen molar-refractivity contribution >= 4 is 11.8 Å². The summed E-state index contributed by atoms with van der Waals surface area (Å²) in [6.07, 6.45) is 5.21. The molecule has 1 unspecified atom stereocenters. The molecule has 5 heteroatoms. The van der Waals surface area contributed by atoms with Crippen molar-refractivity contribution in [3.63, 3.8) is 0 Å². The Morgan fingerprint density at radius 3 is 3.06 bits per heavy atom. The van der Waals surface area contributed by atoms with Gasteiger partial charge in [0.1, 0.15) is 5.82 Å². The molecule has 1 saturated heterocycles. The van der Waals surface area contributed by atoms with Crippen LogP contribution in [0.15, 0.2) is 12.4 Å². The van der Waals surface area contributed by atoms with Crippen LogP contribution < -0.4 is 4.90 Å². The summed E-state index contributed by atoms with van der Waals surface area (Å²) < 4.78 is 0. The lowest BCUT2D eigenvalue weighted by atomic mass is 10.1. The molecule has 1 atom stereocenters. The van der Waals surface area contributed by atoms with Gasteiger partial charge in [0.15, 0.2) is 5.69 Å². The van der Waals surface area contributed by atoms with Crippen LogP contribution in [0, 0.1) is 5.92 Å². The minimum Gasteiger partial charge on any atom is -0.476 e. The second-order valence-electron chi connectivity index (χ2n) is 4.08. The Hall–Kier alpha value is -1.65. The number of anilines is 1. The van der Waals surface area contributed by atoms with Gasteiger partial charge in [0.2, 0.25) is 0 Å². The maximum atomic E-state index is 10.8. The molecule has 0 aromatic carbocycles. The number of hydrogen-bond donors (Lipinski definition) is 1. The van der Waals surface area contributed by atoms with Crippen molar-refractivity contribution in [3.8, 4) is 0 Å². The first-order valence-corrected chi connectivity index (χ1v) is 5.51. The number of hydrogen-bond acceptors (Lipinski definition) is 4. The van der Waals surface area contributed by atoms with Gasteiger partial charge in [-0.05, 0) is 12.3 Å². The number of carboxylic acid groups (broad SMARTS) is 1. The van der Waals surface area contributed by atoms with Crippen LogP contribution in [0.2, 0.25) is 0 Å². The predicted molar refractivity (Wildman–Crippen MR) is 59.6 cm³/mol. The van der Waals surface area contributed by atoms with Gasteiger partial charge in [-0.1, -0.05) is 13.3 Å². The van der Waals surface area contributed by atoms with E-state index in [2.05, 4.69) is 21.8 Å². The van der Waals surface area contributed by atoms with E-state index in [1.807, 2.05) is 0 Å². The number of carbonyl (C=O) groups is 1.